The molecule has 0 aliphatic rings. The molecule has 0 radical (unpaired) electrons. The molecule has 2 aromatic rings. The summed E-state index contributed by atoms with van der Waals surface area (Å²) >= 11 is 1.53. The second-order valence-corrected chi connectivity index (χ2v) is 6.38. The number of hydrogen-bond acceptors (Lipinski definition) is 4. The van der Waals surface area contributed by atoms with Gasteiger partial charge in [0.1, 0.15) is 11.4 Å². The molecular formula is C18H23NO3S. The minimum absolute atomic E-state index is 0.0770. The van der Waals surface area contributed by atoms with E-state index in [1.165, 1.54) is 11.3 Å². The molecule has 1 aromatic carbocycles. The van der Waals surface area contributed by atoms with Gasteiger partial charge >= 0.3 is 0 Å². The van der Waals surface area contributed by atoms with Crippen molar-refractivity contribution >= 4 is 17.2 Å². The molecule has 0 fully saturated rings. The van der Waals surface area contributed by atoms with Crippen LogP contribution in [0.3, 0.4) is 0 Å². The molecule has 0 saturated heterocycles. The first-order chi connectivity index (χ1) is 11.0. The van der Waals surface area contributed by atoms with Crippen molar-refractivity contribution < 1.29 is 14.6 Å². The van der Waals surface area contributed by atoms with Crippen LogP contribution in [-0.4, -0.2) is 24.2 Å². The molecule has 0 saturated carbocycles. The molecule has 0 spiro atoms. The first-order valence-corrected chi connectivity index (χ1v) is 8.69. The van der Waals surface area contributed by atoms with Crippen molar-refractivity contribution in [3.63, 3.8) is 0 Å². The third-order valence-electron chi connectivity index (χ3n) is 3.67. The first-order valence-electron chi connectivity index (χ1n) is 7.75. The molecule has 1 aromatic heterocycles. The Morgan fingerprint density at radius 2 is 2.13 bits per heavy atom. The number of thiophene rings is 1. The Balaban J connectivity index is 1.84. The van der Waals surface area contributed by atoms with E-state index >= 15 is 0 Å². The Labute approximate surface area is 141 Å². The quantitative estimate of drug-likeness (QED) is 0.780. The third kappa shape index (κ3) is 5.08. The van der Waals surface area contributed by atoms with Crippen LogP contribution in [0.4, 0.5) is 0 Å². The summed E-state index contributed by atoms with van der Waals surface area (Å²) in [6.07, 6.45) is 0.979. The molecule has 1 amide bonds. The van der Waals surface area contributed by atoms with Gasteiger partial charge in [-0.15, -0.1) is 0 Å². The Morgan fingerprint density at radius 1 is 1.35 bits per heavy atom. The molecule has 1 unspecified atom stereocenters. The maximum Gasteiger partial charge on any atom is 0.220 e. The zero-order valence-corrected chi connectivity index (χ0v) is 14.4. The predicted octanol–water partition coefficient (Wildman–Crippen LogP) is 3.10. The maximum absolute atomic E-state index is 12.0. The number of amides is 1. The number of nitrogens with one attached hydrogen (secondary N) is 1. The fraction of sp³-hybridized carbons (Fsp3) is 0.389. The van der Waals surface area contributed by atoms with Crippen molar-refractivity contribution in [1.82, 2.24) is 5.32 Å². The molecule has 1 heterocycles. The summed E-state index contributed by atoms with van der Waals surface area (Å²) in [4.78, 5) is 12.0. The third-order valence-corrected chi connectivity index (χ3v) is 4.35. The second-order valence-electron chi connectivity index (χ2n) is 5.60. The first kappa shape index (κ1) is 17.5. The van der Waals surface area contributed by atoms with Gasteiger partial charge < -0.3 is 15.2 Å². The number of para-hydroxylation sites is 1. The van der Waals surface area contributed by atoms with E-state index in [2.05, 4.69) is 5.32 Å². The van der Waals surface area contributed by atoms with E-state index in [0.29, 0.717) is 19.4 Å². The highest BCUT2D eigenvalue weighted by Crippen LogP contribution is 2.22. The van der Waals surface area contributed by atoms with E-state index in [1.807, 2.05) is 48.0 Å². The largest absolute Gasteiger partial charge is 0.494 e. The van der Waals surface area contributed by atoms with Crippen LogP contribution in [0.25, 0.3) is 0 Å². The lowest BCUT2D eigenvalue weighted by Gasteiger charge is -2.22. The van der Waals surface area contributed by atoms with Gasteiger partial charge in [-0.1, -0.05) is 18.2 Å². The van der Waals surface area contributed by atoms with Crippen LogP contribution in [-0.2, 0) is 16.8 Å². The lowest BCUT2D eigenvalue weighted by molar-refractivity contribution is -0.122. The molecule has 2 rings (SSSR count). The SMILES string of the molecule is CCOc1ccccc1CCC(=O)NCC(C)(O)c1ccsc1. The monoisotopic (exact) mass is 333 g/mol. The molecular weight excluding hydrogens is 310 g/mol. The molecule has 124 valence electrons. The number of carbonyl (C=O) groups excluding carboxylic acids is 1. The average molecular weight is 333 g/mol. The van der Waals surface area contributed by atoms with Gasteiger partial charge in [-0.2, -0.15) is 11.3 Å². The van der Waals surface area contributed by atoms with Crippen LogP contribution in [0.2, 0.25) is 0 Å². The second kappa shape index (κ2) is 8.13. The van der Waals surface area contributed by atoms with Gasteiger partial charge in [-0.05, 0) is 54.3 Å². The number of aliphatic hydroxyl groups is 1. The minimum Gasteiger partial charge on any atom is -0.494 e. The normalized spacial score (nSPS) is 13.3. The highest BCUT2D eigenvalue weighted by Gasteiger charge is 2.24. The number of rotatable bonds is 8. The topological polar surface area (TPSA) is 58.6 Å². The Kier molecular flexibility index (Phi) is 6.19. The molecule has 2 N–H and O–H groups in total. The fourth-order valence-electron chi connectivity index (χ4n) is 2.29. The summed E-state index contributed by atoms with van der Waals surface area (Å²) in [5, 5.41) is 17.0. The van der Waals surface area contributed by atoms with Gasteiger partial charge in [0.05, 0.1) is 13.2 Å². The molecule has 0 aliphatic heterocycles. The molecule has 0 aliphatic carbocycles. The number of ether oxygens (including phenoxy) is 1. The fourth-order valence-corrected chi connectivity index (χ4v) is 3.07. The summed E-state index contributed by atoms with van der Waals surface area (Å²) in [7, 11) is 0. The lowest BCUT2D eigenvalue weighted by Crippen LogP contribution is -2.38. The van der Waals surface area contributed by atoms with Crippen LogP contribution >= 0.6 is 11.3 Å². The van der Waals surface area contributed by atoms with Crippen molar-refractivity contribution in [3.05, 3.63) is 52.2 Å². The van der Waals surface area contributed by atoms with Gasteiger partial charge in [0, 0.05) is 6.42 Å². The van der Waals surface area contributed by atoms with Gasteiger partial charge in [0.15, 0.2) is 0 Å². The average Bonchev–Trinajstić information content (AvgIpc) is 3.08. The van der Waals surface area contributed by atoms with Gasteiger partial charge in [0.25, 0.3) is 0 Å². The predicted molar refractivity (Wildman–Crippen MR) is 92.8 cm³/mol. The number of hydrogen-bond donors (Lipinski definition) is 2. The molecule has 5 heteroatoms. The van der Waals surface area contributed by atoms with Crippen molar-refractivity contribution in [2.75, 3.05) is 13.2 Å². The van der Waals surface area contributed by atoms with Gasteiger partial charge in [-0.25, -0.2) is 0 Å². The van der Waals surface area contributed by atoms with Crippen LogP contribution in [0.15, 0.2) is 41.1 Å². The van der Waals surface area contributed by atoms with E-state index in [4.69, 9.17) is 4.74 Å². The van der Waals surface area contributed by atoms with E-state index in [9.17, 15) is 9.90 Å². The van der Waals surface area contributed by atoms with E-state index in [0.717, 1.165) is 16.9 Å². The number of benzene rings is 1. The Hall–Kier alpha value is -1.85. The zero-order chi connectivity index (χ0) is 16.7. The Bertz CT molecular complexity index is 623. The molecule has 0 bridgehead atoms. The summed E-state index contributed by atoms with van der Waals surface area (Å²) in [6, 6.07) is 9.62. The number of aryl methyl sites for hydroxylation is 1. The van der Waals surface area contributed by atoms with Gasteiger partial charge in [-0.3, -0.25) is 4.79 Å². The summed E-state index contributed by atoms with van der Waals surface area (Å²) in [5.74, 6) is 0.750. The smallest absolute Gasteiger partial charge is 0.220 e. The highest BCUT2D eigenvalue weighted by atomic mass is 32.1. The minimum atomic E-state index is -1.04. The van der Waals surface area contributed by atoms with Crippen LogP contribution in [0.1, 0.15) is 31.4 Å². The van der Waals surface area contributed by atoms with Crippen molar-refractivity contribution in [1.29, 1.82) is 0 Å². The molecule has 4 nitrogen and oxygen atoms in total. The number of carbonyl (C=O) groups is 1. The molecule has 1 atom stereocenters. The van der Waals surface area contributed by atoms with Crippen molar-refractivity contribution in [2.45, 2.75) is 32.3 Å². The summed E-state index contributed by atoms with van der Waals surface area (Å²) in [5.41, 5.74) is 0.803. The van der Waals surface area contributed by atoms with Crippen LogP contribution in [0.5, 0.6) is 5.75 Å². The zero-order valence-electron chi connectivity index (χ0n) is 13.5. The van der Waals surface area contributed by atoms with E-state index < -0.39 is 5.60 Å². The highest BCUT2D eigenvalue weighted by molar-refractivity contribution is 7.08. The maximum atomic E-state index is 12.0. The molecule has 23 heavy (non-hydrogen) atoms. The summed E-state index contributed by atoms with van der Waals surface area (Å²) < 4.78 is 5.56. The lowest BCUT2D eigenvalue weighted by atomic mass is 9.99. The van der Waals surface area contributed by atoms with Crippen LogP contribution < -0.4 is 10.1 Å². The van der Waals surface area contributed by atoms with Crippen molar-refractivity contribution in [3.8, 4) is 5.75 Å². The van der Waals surface area contributed by atoms with E-state index in [1.54, 1.807) is 6.92 Å². The van der Waals surface area contributed by atoms with Crippen LogP contribution in [0, 0.1) is 0 Å². The standard InChI is InChI=1S/C18H23NO3S/c1-3-22-16-7-5-4-6-14(16)8-9-17(20)19-13-18(2,21)15-10-11-23-12-15/h4-7,10-12,21H,3,8-9,13H2,1-2H3,(H,19,20). The van der Waals surface area contributed by atoms with Gasteiger partial charge in [0.2, 0.25) is 5.91 Å². The van der Waals surface area contributed by atoms with Crippen molar-refractivity contribution in [2.24, 2.45) is 0 Å². The summed E-state index contributed by atoms with van der Waals surface area (Å²) in [6.45, 7) is 4.46. The van der Waals surface area contributed by atoms with E-state index in [-0.39, 0.29) is 12.5 Å². The Morgan fingerprint density at radius 3 is 2.83 bits per heavy atom.